The van der Waals surface area contributed by atoms with Gasteiger partial charge in [0.2, 0.25) is 0 Å². The van der Waals surface area contributed by atoms with Crippen molar-refractivity contribution in [3.63, 3.8) is 0 Å². The molecule has 0 aliphatic rings. The van der Waals surface area contributed by atoms with Gasteiger partial charge in [-0.2, -0.15) is 30.5 Å². The van der Waals surface area contributed by atoms with Crippen molar-refractivity contribution in [1.82, 2.24) is 14.7 Å². The van der Waals surface area contributed by atoms with E-state index in [4.69, 9.17) is 0 Å². The third kappa shape index (κ3) is 33.5. The first-order valence-electron chi connectivity index (χ1n) is 18.3. The number of benzene rings is 3. The quantitative estimate of drug-likeness (QED) is 0.122. The molecule has 3 nitrogen and oxygen atoms in total. The summed E-state index contributed by atoms with van der Waals surface area (Å²) >= 11 is 0. The smallest absolute Gasteiger partial charge is 0.343 e. The van der Waals surface area contributed by atoms with Crippen LogP contribution in [0.5, 0.6) is 0 Å². The van der Waals surface area contributed by atoms with Gasteiger partial charge in [0.05, 0.1) is 0 Å². The minimum absolute atomic E-state index is 0. The molecule has 1 unspecified atom stereocenters. The van der Waals surface area contributed by atoms with E-state index in [2.05, 4.69) is 177 Å². The number of nitrogens with zero attached hydrogens (tertiary/aromatic N) is 3. The van der Waals surface area contributed by atoms with Gasteiger partial charge < -0.3 is 28.5 Å². The largest absolute Gasteiger partial charge is 1.00 e. The zero-order valence-electron chi connectivity index (χ0n) is 35.6. The predicted molar refractivity (Wildman–Crippen MR) is 224 cm³/mol. The third-order valence-corrected chi connectivity index (χ3v) is 7.50. The molecule has 6 heteroatoms. The molecule has 0 amide bonds. The van der Waals surface area contributed by atoms with E-state index >= 15 is 0 Å². The molecular weight excluding hydrogens is 615 g/mol. The normalized spacial score (nSPS) is 10.3. The van der Waals surface area contributed by atoms with E-state index in [9.17, 15) is 0 Å². The van der Waals surface area contributed by atoms with Crippen LogP contribution in [0.1, 0.15) is 125 Å². The predicted octanol–water partition coefficient (Wildman–Crippen LogP) is 3.40. The van der Waals surface area contributed by atoms with E-state index in [0.717, 1.165) is 26.1 Å². The summed E-state index contributed by atoms with van der Waals surface area (Å²) in [5, 5.41) is 0. The van der Waals surface area contributed by atoms with Crippen molar-refractivity contribution in [2.75, 3.05) is 42.3 Å². The average Bonchev–Trinajstić information content (AvgIpc) is 3.06. The van der Waals surface area contributed by atoms with E-state index in [1.165, 1.54) is 84.7 Å². The molecule has 278 valence electrons. The van der Waals surface area contributed by atoms with Crippen molar-refractivity contribution in [1.29, 1.82) is 0 Å². The van der Waals surface area contributed by atoms with Crippen molar-refractivity contribution >= 4 is 6.08 Å². The molecule has 0 aromatic heterocycles. The number of rotatable bonds is 17. The summed E-state index contributed by atoms with van der Waals surface area (Å²) in [5.74, 6) is 0.446. The van der Waals surface area contributed by atoms with E-state index in [1.54, 1.807) is 0 Å². The molecule has 0 aliphatic heterocycles. The molecule has 3 aromatic rings. The van der Waals surface area contributed by atoms with Gasteiger partial charge in [0.25, 0.3) is 0 Å². The molecule has 0 saturated carbocycles. The first-order valence-corrected chi connectivity index (χ1v) is 18.3. The van der Waals surface area contributed by atoms with Crippen molar-refractivity contribution in [2.45, 2.75) is 112 Å². The number of unbranched alkanes of at least 4 members (excludes halogenated alkanes) is 5. The van der Waals surface area contributed by atoms with Crippen LogP contribution in [-0.4, -0.2) is 57.0 Å². The molecular formula is C46H76Li3N3. The molecule has 0 radical (unpaired) electrons. The van der Waals surface area contributed by atoms with Crippen LogP contribution in [0.3, 0.4) is 0 Å². The maximum atomic E-state index is 4.25. The Morgan fingerprint density at radius 1 is 0.654 bits per heavy atom. The fraction of sp³-hybridized carbons (Fsp3) is 0.500. The van der Waals surface area contributed by atoms with E-state index in [0.29, 0.717) is 5.92 Å². The standard InChI is InChI=1S/2C15H24N.C11H15N.C4H9.CH4.3Li/c1-5-6-8-13(2)15-10-7-9-14(11-15)12-16(3)4;1-4-5-6-7-9-14-10-8-11-15(12-14)13-16(2)3;1-4-10-6-5-7-11(8-10)9-12(2)3;1-3-4-2;;;;/h7,9-11,13H,2,5-6,8,12H2,1,3-4H3;8-12H,4-7,13H2,1-3H3;4-8H,1,9H2,2-3H3;1,3-4H2,2H3;1H4;;;/q2*-1;;-1;;3*+1. The Hall–Kier alpha value is -1.06. The first-order chi connectivity index (χ1) is 23.0. The third-order valence-electron chi connectivity index (χ3n) is 7.50. The fourth-order valence-electron chi connectivity index (χ4n) is 4.96. The van der Waals surface area contributed by atoms with Crippen molar-refractivity contribution in [2.24, 2.45) is 0 Å². The summed E-state index contributed by atoms with van der Waals surface area (Å²) in [6.07, 6.45) is 15.4. The second kappa shape index (κ2) is 39.6. The summed E-state index contributed by atoms with van der Waals surface area (Å²) in [6, 6.07) is 26.1. The molecule has 52 heavy (non-hydrogen) atoms. The topological polar surface area (TPSA) is 9.72 Å². The molecule has 0 aliphatic carbocycles. The van der Waals surface area contributed by atoms with Gasteiger partial charge in [-0.25, -0.2) is 0 Å². The monoisotopic (exact) mass is 692 g/mol. The Kier molecular flexibility index (Phi) is 45.9. The Morgan fingerprint density at radius 2 is 1.12 bits per heavy atom. The number of hydrogen-bond acceptors (Lipinski definition) is 3. The summed E-state index contributed by atoms with van der Waals surface area (Å²) in [6.45, 7) is 21.2. The van der Waals surface area contributed by atoms with Crippen LogP contribution in [0.2, 0.25) is 0 Å². The molecule has 0 heterocycles. The van der Waals surface area contributed by atoms with Crippen molar-refractivity contribution in [3.8, 4) is 0 Å². The van der Waals surface area contributed by atoms with Crippen LogP contribution in [0.15, 0.2) is 79.4 Å². The SMILES string of the molecule is C.C=Cc1cccc(CN(C)C)c1.CCCCC[CH-]c1cccc(CN(C)C)c1.[CH2-]C(CCCC)c1cccc(CN(C)C)c1.[CH2-]CCC.[Li+].[Li+].[Li+]. The van der Waals surface area contributed by atoms with Crippen molar-refractivity contribution < 1.29 is 56.6 Å². The summed E-state index contributed by atoms with van der Waals surface area (Å²) < 4.78 is 0. The van der Waals surface area contributed by atoms with Gasteiger partial charge in [-0.15, -0.1) is 12.0 Å². The van der Waals surface area contributed by atoms with Crippen LogP contribution >= 0.6 is 0 Å². The molecule has 1 atom stereocenters. The Labute approximate surface area is 361 Å². The molecule has 0 saturated heterocycles. The second-order valence-corrected chi connectivity index (χ2v) is 13.5. The van der Waals surface area contributed by atoms with Crippen molar-refractivity contribution in [3.05, 3.63) is 133 Å². The van der Waals surface area contributed by atoms with Gasteiger partial charge in [0.1, 0.15) is 0 Å². The molecule has 3 rings (SSSR count). The van der Waals surface area contributed by atoms with E-state index in [1.807, 2.05) is 6.08 Å². The van der Waals surface area contributed by atoms with Gasteiger partial charge in [-0.3, -0.25) is 0 Å². The molecule has 0 N–H and O–H groups in total. The van der Waals surface area contributed by atoms with Crippen LogP contribution in [0, 0.1) is 20.3 Å². The van der Waals surface area contributed by atoms with E-state index < -0.39 is 0 Å². The fourth-order valence-corrected chi connectivity index (χ4v) is 4.96. The van der Waals surface area contributed by atoms with Crippen LogP contribution in [0.4, 0.5) is 0 Å². The number of hydrogen-bond donors (Lipinski definition) is 0. The van der Waals surface area contributed by atoms with Gasteiger partial charge in [-0.05, 0) is 59.0 Å². The summed E-state index contributed by atoms with van der Waals surface area (Å²) in [4.78, 5) is 6.56. The van der Waals surface area contributed by atoms with Gasteiger partial charge in [0.15, 0.2) is 0 Å². The van der Waals surface area contributed by atoms with Crippen LogP contribution < -0.4 is 56.6 Å². The van der Waals surface area contributed by atoms with E-state index in [-0.39, 0.29) is 64.0 Å². The van der Waals surface area contributed by atoms with Gasteiger partial charge in [0, 0.05) is 19.6 Å². The Bertz CT molecular complexity index is 1190. The minimum Gasteiger partial charge on any atom is -0.343 e. The molecule has 3 aromatic carbocycles. The zero-order valence-corrected chi connectivity index (χ0v) is 35.6. The molecule has 0 spiro atoms. The molecule has 0 bridgehead atoms. The van der Waals surface area contributed by atoms with Crippen LogP contribution in [-0.2, 0) is 19.6 Å². The maximum Gasteiger partial charge on any atom is 1.00 e. The zero-order chi connectivity index (χ0) is 36.2. The molecule has 0 fully saturated rings. The summed E-state index contributed by atoms with van der Waals surface area (Å²) in [7, 11) is 12.6. The van der Waals surface area contributed by atoms with Crippen LogP contribution in [0.25, 0.3) is 6.08 Å². The Balaban J connectivity index is -0.000000196. The van der Waals surface area contributed by atoms with Gasteiger partial charge in [-0.1, -0.05) is 158 Å². The Morgan fingerprint density at radius 3 is 1.58 bits per heavy atom. The summed E-state index contributed by atoms with van der Waals surface area (Å²) in [5.41, 5.74) is 8.05. The average molecular weight is 692 g/mol. The maximum absolute atomic E-state index is 4.25. The first kappa shape index (κ1) is 60.2. The minimum atomic E-state index is 0. The van der Waals surface area contributed by atoms with Gasteiger partial charge >= 0.3 is 56.6 Å². The second-order valence-electron chi connectivity index (χ2n) is 13.5.